The van der Waals surface area contributed by atoms with Gasteiger partial charge >= 0.3 is 47.4 Å². The summed E-state index contributed by atoms with van der Waals surface area (Å²) in [4.78, 5) is 0. The van der Waals surface area contributed by atoms with Gasteiger partial charge in [0.15, 0.2) is 0 Å². The summed E-state index contributed by atoms with van der Waals surface area (Å²) >= 11 is 0. The van der Waals surface area contributed by atoms with E-state index < -0.39 is 73.4 Å². The second kappa shape index (κ2) is 9.17. The Labute approximate surface area is 175 Å². The van der Waals surface area contributed by atoms with Crippen molar-refractivity contribution in [1.82, 2.24) is 0 Å². The molecule has 0 aliphatic carbocycles. The van der Waals surface area contributed by atoms with Crippen molar-refractivity contribution >= 4 is 0 Å². The van der Waals surface area contributed by atoms with Crippen LogP contribution >= 0.6 is 0 Å². The fraction of sp³-hybridized carbons (Fsp3) is 0.750. The van der Waals surface area contributed by atoms with E-state index in [2.05, 4.69) is 17.9 Å². The Hall–Kier alpha value is -1.68. The molecule has 0 aromatic heterocycles. The summed E-state index contributed by atoms with van der Waals surface area (Å²) in [5.74, 6) is -52.5. The molecular formula is C16H14F16O. The highest BCUT2D eigenvalue weighted by molar-refractivity contribution is 5.07. The van der Waals surface area contributed by atoms with Gasteiger partial charge in [-0.05, 0) is 0 Å². The maximum absolute atomic E-state index is 13.4. The van der Waals surface area contributed by atoms with Crippen LogP contribution in [-0.2, 0) is 4.74 Å². The van der Waals surface area contributed by atoms with Crippen molar-refractivity contribution in [3.05, 3.63) is 25.3 Å². The number of alkyl halides is 16. The predicted molar refractivity (Wildman–Crippen MR) is 80.0 cm³/mol. The third-order valence-electron chi connectivity index (χ3n) is 3.99. The lowest BCUT2D eigenvalue weighted by atomic mass is 9.96. The van der Waals surface area contributed by atoms with E-state index in [9.17, 15) is 70.2 Å². The van der Waals surface area contributed by atoms with Crippen LogP contribution in [0.15, 0.2) is 25.3 Å². The second-order valence-corrected chi connectivity index (χ2v) is 6.59. The summed E-state index contributed by atoms with van der Waals surface area (Å²) < 4.78 is 216. The normalized spacial score (nSPS) is 15.5. The molecule has 0 aromatic rings. The molecular weight excluding hydrogens is 512 g/mol. The van der Waals surface area contributed by atoms with Crippen LogP contribution in [0.3, 0.4) is 0 Å². The highest BCUT2D eigenvalue weighted by Gasteiger charge is 2.81. The van der Waals surface area contributed by atoms with Crippen molar-refractivity contribution in [2.24, 2.45) is 0 Å². The molecule has 0 fully saturated rings. The molecule has 0 bridgehead atoms. The summed E-state index contributed by atoms with van der Waals surface area (Å²) in [5.41, 5.74) is 0. The van der Waals surface area contributed by atoms with Crippen molar-refractivity contribution in [3.8, 4) is 0 Å². The first-order valence-electron chi connectivity index (χ1n) is 8.15. The minimum atomic E-state index is -7.05. The van der Waals surface area contributed by atoms with Crippen LogP contribution in [0, 0.1) is 0 Å². The van der Waals surface area contributed by atoms with Gasteiger partial charge < -0.3 is 4.74 Å². The molecule has 0 N–H and O–H groups in total. The molecule has 196 valence electrons. The monoisotopic (exact) mass is 526 g/mol. The van der Waals surface area contributed by atoms with Gasteiger partial charge in [0.25, 0.3) is 0 Å². The van der Waals surface area contributed by atoms with Crippen LogP contribution in [0.4, 0.5) is 70.2 Å². The van der Waals surface area contributed by atoms with E-state index in [1.807, 2.05) is 0 Å². The van der Waals surface area contributed by atoms with Crippen LogP contribution in [0.5, 0.6) is 0 Å². The zero-order valence-electron chi connectivity index (χ0n) is 15.9. The minimum Gasteiger partial charge on any atom is -0.368 e. The van der Waals surface area contributed by atoms with E-state index in [1.54, 1.807) is 0 Å². The van der Waals surface area contributed by atoms with Crippen molar-refractivity contribution < 1.29 is 75.0 Å². The van der Waals surface area contributed by atoms with Crippen molar-refractivity contribution in [2.75, 3.05) is 13.2 Å². The van der Waals surface area contributed by atoms with Gasteiger partial charge in [-0.2, -0.15) is 70.2 Å². The van der Waals surface area contributed by atoms with Crippen molar-refractivity contribution in [3.63, 3.8) is 0 Å². The van der Waals surface area contributed by atoms with Gasteiger partial charge in [-0.15, -0.1) is 13.2 Å². The van der Waals surface area contributed by atoms with E-state index in [-0.39, 0.29) is 12.2 Å². The maximum atomic E-state index is 13.4. The van der Waals surface area contributed by atoms with Gasteiger partial charge in [0.05, 0.1) is 0 Å². The molecule has 0 spiro atoms. The van der Waals surface area contributed by atoms with E-state index >= 15 is 0 Å². The van der Waals surface area contributed by atoms with Gasteiger partial charge in [-0.3, -0.25) is 0 Å². The molecule has 0 radical (unpaired) electrons. The zero-order valence-corrected chi connectivity index (χ0v) is 15.9. The minimum absolute atomic E-state index is 0.0520. The molecule has 0 heterocycles. The summed E-state index contributed by atoms with van der Waals surface area (Å²) in [6.45, 7) is -1.76. The zero-order chi connectivity index (χ0) is 26.9. The smallest absolute Gasteiger partial charge is 0.368 e. The van der Waals surface area contributed by atoms with Crippen molar-refractivity contribution in [1.29, 1.82) is 0 Å². The molecule has 0 unspecified atom stereocenters. The van der Waals surface area contributed by atoms with E-state index in [0.29, 0.717) is 0 Å². The molecule has 1 nitrogen and oxygen atoms in total. The van der Waals surface area contributed by atoms with Crippen LogP contribution in [0.25, 0.3) is 0 Å². The van der Waals surface area contributed by atoms with Gasteiger partial charge in [-0.1, -0.05) is 12.2 Å². The van der Waals surface area contributed by atoms with E-state index in [4.69, 9.17) is 0 Å². The maximum Gasteiger partial charge on any atom is 0.380 e. The average Bonchev–Trinajstić information content (AvgIpc) is 2.60. The standard InChI is InChI=1S/C16H14F16O/c1-3-5-9(17,18)13(25,26)15(29,30)11(21,22)7-33-8-12(23,24)16(31,32)14(27,28)10(19,20)6-4-2/h3-4H,1-2,5-8H2. The molecule has 0 aromatic carbocycles. The lowest BCUT2D eigenvalue weighted by Crippen LogP contribution is -2.64. The Bertz CT molecular complexity index is 639. The molecule has 0 saturated heterocycles. The SMILES string of the molecule is C=CCC(F)(F)C(F)(F)C(F)(F)C(F)(F)COCC(F)(F)C(F)(F)C(F)(F)C(F)(F)CC=C. The number of halogens is 16. The van der Waals surface area contributed by atoms with Crippen LogP contribution in [0.2, 0.25) is 0 Å². The molecule has 33 heavy (non-hydrogen) atoms. The van der Waals surface area contributed by atoms with Gasteiger partial charge in [0.2, 0.25) is 0 Å². The Balaban J connectivity index is 5.74. The van der Waals surface area contributed by atoms with E-state index in [1.165, 1.54) is 0 Å². The van der Waals surface area contributed by atoms with Gasteiger partial charge in [0, 0.05) is 12.8 Å². The number of ether oxygens (including phenoxy) is 1. The summed E-state index contributed by atoms with van der Waals surface area (Å²) in [6.07, 6.45) is -4.62. The number of hydrogen-bond acceptors (Lipinski definition) is 1. The topological polar surface area (TPSA) is 9.23 Å². The first kappa shape index (κ1) is 31.3. The largest absolute Gasteiger partial charge is 0.380 e. The Morgan fingerprint density at radius 3 is 0.848 bits per heavy atom. The van der Waals surface area contributed by atoms with Gasteiger partial charge in [0.1, 0.15) is 13.2 Å². The molecule has 0 saturated carbocycles. The third kappa shape index (κ3) is 5.21. The lowest BCUT2D eigenvalue weighted by molar-refractivity contribution is -0.382. The van der Waals surface area contributed by atoms with Crippen LogP contribution in [-0.4, -0.2) is 60.6 Å². The molecule has 0 amide bonds. The molecule has 0 rings (SSSR count). The Kier molecular flexibility index (Phi) is 8.70. The number of rotatable bonds is 14. The highest BCUT2D eigenvalue weighted by Crippen LogP contribution is 2.55. The first-order chi connectivity index (χ1) is 14.3. The molecule has 17 heteroatoms. The average molecular weight is 526 g/mol. The number of allylic oxidation sites excluding steroid dienone is 2. The molecule has 0 atom stereocenters. The van der Waals surface area contributed by atoms with Gasteiger partial charge in [-0.25, -0.2) is 0 Å². The molecule has 0 aliphatic rings. The summed E-state index contributed by atoms with van der Waals surface area (Å²) in [6, 6.07) is 0. The lowest BCUT2D eigenvalue weighted by Gasteiger charge is -2.38. The number of hydrogen-bond donors (Lipinski definition) is 0. The third-order valence-corrected chi connectivity index (χ3v) is 3.99. The van der Waals surface area contributed by atoms with E-state index in [0.717, 1.165) is 0 Å². The second-order valence-electron chi connectivity index (χ2n) is 6.59. The quantitative estimate of drug-likeness (QED) is 0.171. The Morgan fingerprint density at radius 2 is 0.636 bits per heavy atom. The van der Waals surface area contributed by atoms with Crippen LogP contribution in [0.1, 0.15) is 12.8 Å². The van der Waals surface area contributed by atoms with Crippen LogP contribution < -0.4 is 0 Å². The Morgan fingerprint density at radius 1 is 0.424 bits per heavy atom. The molecule has 0 aliphatic heterocycles. The summed E-state index contributed by atoms with van der Waals surface area (Å²) in [7, 11) is 0. The van der Waals surface area contributed by atoms with Crippen molar-refractivity contribution in [2.45, 2.75) is 60.2 Å². The summed E-state index contributed by atoms with van der Waals surface area (Å²) in [5, 5.41) is 0. The predicted octanol–water partition coefficient (Wildman–Crippen LogP) is 7.24. The first-order valence-corrected chi connectivity index (χ1v) is 8.15. The fourth-order valence-corrected chi connectivity index (χ4v) is 2.03. The highest BCUT2D eigenvalue weighted by atomic mass is 19.4. The fourth-order valence-electron chi connectivity index (χ4n) is 2.03.